The molecule has 0 bridgehead atoms. The Hall–Kier alpha value is -1.58. The molecule has 0 aliphatic carbocycles. The molecule has 2 rings (SSSR count). The summed E-state index contributed by atoms with van der Waals surface area (Å²) >= 11 is 2.62. The van der Waals surface area contributed by atoms with Crippen molar-refractivity contribution in [2.24, 2.45) is 0 Å². The van der Waals surface area contributed by atoms with E-state index in [9.17, 15) is 8.42 Å². The lowest BCUT2D eigenvalue weighted by Crippen LogP contribution is -2.12. The largest absolute Gasteiger partial charge is 0.497 e. The van der Waals surface area contributed by atoms with Crippen LogP contribution in [0.2, 0.25) is 0 Å². The first-order valence-corrected chi connectivity index (χ1v) is 9.08. The molecule has 0 unspecified atom stereocenters. The van der Waals surface area contributed by atoms with Crippen molar-refractivity contribution in [2.75, 3.05) is 17.6 Å². The molecule has 0 spiro atoms. The third-order valence-electron chi connectivity index (χ3n) is 2.32. The molecule has 0 saturated heterocycles. The third kappa shape index (κ3) is 4.19. The summed E-state index contributed by atoms with van der Waals surface area (Å²) in [7, 11) is -2.15. The number of nitrogens with zero attached hydrogens (tertiary/aromatic N) is 2. The average Bonchev–Trinajstić information content (AvgIpc) is 2.92. The monoisotopic (exact) mass is 343 g/mol. The predicted octanol–water partition coefficient (Wildman–Crippen LogP) is 2.63. The summed E-state index contributed by atoms with van der Waals surface area (Å²) in [6.07, 6.45) is 1.74. The number of aromatic nitrogens is 2. The fourth-order valence-electron chi connectivity index (χ4n) is 1.37. The molecule has 0 aliphatic rings. The van der Waals surface area contributed by atoms with Gasteiger partial charge in [0.05, 0.1) is 12.0 Å². The zero-order valence-corrected chi connectivity index (χ0v) is 13.6. The molecule has 112 valence electrons. The highest BCUT2D eigenvalue weighted by Gasteiger charge is 2.17. The highest BCUT2D eigenvalue weighted by atomic mass is 32.2. The Balaban J connectivity index is 2.12. The van der Waals surface area contributed by atoms with Crippen LogP contribution in [-0.4, -0.2) is 31.5 Å². The molecule has 0 fully saturated rings. The summed E-state index contributed by atoms with van der Waals surface area (Å²) in [4.78, 5) is 0.138. The quantitative estimate of drug-likeness (QED) is 0.615. The zero-order chi connectivity index (χ0) is 15.3. The standard InChI is InChI=1S/C12H13N3O3S3/c1-3-8-19-12-14-13-11(20-12)15-21(16,17)10-6-4-9(18-2)5-7-10/h3-7H,1,8H2,2H3,(H,13,15). The topological polar surface area (TPSA) is 81.2 Å². The summed E-state index contributed by atoms with van der Waals surface area (Å²) in [6, 6.07) is 6.10. The molecular formula is C12H13N3O3S3. The minimum atomic E-state index is -3.67. The number of nitrogens with one attached hydrogen (secondary N) is 1. The van der Waals surface area contributed by atoms with Crippen LogP contribution in [0, 0.1) is 0 Å². The lowest BCUT2D eigenvalue weighted by atomic mass is 10.3. The van der Waals surface area contributed by atoms with E-state index in [-0.39, 0.29) is 10.0 Å². The number of anilines is 1. The van der Waals surface area contributed by atoms with Crippen LogP contribution in [0.3, 0.4) is 0 Å². The first-order chi connectivity index (χ1) is 10.0. The average molecular weight is 343 g/mol. The molecule has 0 saturated carbocycles. The Kier molecular flexibility index (Phi) is 5.21. The number of sulfonamides is 1. The van der Waals surface area contributed by atoms with E-state index in [1.807, 2.05) is 0 Å². The van der Waals surface area contributed by atoms with Crippen LogP contribution in [-0.2, 0) is 10.0 Å². The number of hydrogen-bond acceptors (Lipinski definition) is 7. The van der Waals surface area contributed by atoms with Gasteiger partial charge in [0.15, 0.2) is 4.34 Å². The van der Waals surface area contributed by atoms with Crippen LogP contribution in [0.5, 0.6) is 5.75 Å². The van der Waals surface area contributed by atoms with Crippen molar-refractivity contribution in [1.29, 1.82) is 0 Å². The highest BCUT2D eigenvalue weighted by Crippen LogP contribution is 2.27. The second kappa shape index (κ2) is 6.92. The Morgan fingerprint density at radius 3 is 2.71 bits per heavy atom. The lowest BCUT2D eigenvalue weighted by molar-refractivity contribution is 0.414. The molecule has 1 N–H and O–H groups in total. The summed E-state index contributed by atoms with van der Waals surface area (Å²) in [5.41, 5.74) is 0. The molecule has 1 heterocycles. The van der Waals surface area contributed by atoms with Gasteiger partial charge in [-0.2, -0.15) is 0 Å². The van der Waals surface area contributed by atoms with Gasteiger partial charge >= 0.3 is 0 Å². The van der Waals surface area contributed by atoms with Gasteiger partial charge in [-0.05, 0) is 24.3 Å². The minimum Gasteiger partial charge on any atom is -0.497 e. The van der Waals surface area contributed by atoms with Crippen molar-refractivity contribution in [3.63, 3.8) is 0 Å². The Bertz CT molecular complexity index is 711. The van der Waals surface area contributed by atoms with E-state index in [1.54, 1.807) is 18.2 Å². The molecule has 9 heteroatoms. The molecular weight excluding hydrogens is 330 g/mol. The molecule has 0 aliphatic heterocycles. The molecule has 1 aromatic heterocycles. The van der Waals surface area contributed by atoms with E-state index in [2.05, 4.69) is 21.5 Å². The van der Waals surface area contributed by atoms with Crippen LogP contribution in [0.1, 0.15) is 0 Å². The van der Waals surface area contributed by atoms with E-state index in [0.717, 1.165) is 0 Å². The Morgan fingerprint density at radius 2 is 2.10 bits per heavy atom. The number of ether oxygens (including phenoxy) is 1. The fraction of sp³-hybridized carbons (Fsp3) is 0.167. The van der Waals surface area contributed by atoms with Crippen LogP contribution in [0.4, 0.5) is 5.13 Å². The smallest absolute Gasteiger partial charge is 0.263 e. The van der Waals surface area contributed by atoms with Gasteiger partial charge in [0.25, 0.3) is 10.0 Å². The van der Waals surface area contributed by atoms with Crippen molar-refractivity contribution >= 4 is 38.3 Å². The molecule has 2 aromatic rings. The Morgan fingerprint density at radius 1 is 1.38 bits per heavy atom. The van der Waals surface area contributed by atoms with Gasteiger partial charge in [-0.15, -0.1) is 16.8 Å². The van der Waals surface area contributed by atoms with Crippen LogP contribution < -0.4 is 9.46 Å². The molecule has 0 atom stereocenters. The van der Waals surface area contributed by atoms with Gasteiger partial charge in [0.1, 0.15) is 5.75 Å². The van der Waals surface area contributed by atoms with Crippen molar-refractivity contribution in [3.8, 4) is 5.75 Å². The van der Waals surface area contributed by atoms with Gasteiger partial charge < -0.3 is 4.74 Å². The van der Waals surface area contributed by atoms with E-state index < -0.39 is 10.0 Å². The first kappa shape index (κ1) is 15.8. The van der Waals surface area contributed by atoms with E-state index >= 15 is 0 Å². The summed E-state index contributed by atoms with van der Waals surface area (Å²) in [5.74, 6) is 1.29. The molecule has 21 heavy (non-hydrogen) atoms. The molecule has 0 amide bonds. The number of methoxy groups -OCH3 is 1. The normalized spacial score (nSPS) is 11.1. The number of benzene rings is 1. The summed E-state index contributed by atoms with van der Waals surface area (Å²) in [5, 5.41) is 7.94. The molecule has 1 aromatic carbocycles. The van der Waals surface area contributed by atoms with E-state index in [0.29, 0.717) is 15.8 Å². The van der Waals surface area contributed by atoms with Gasteiger partial charge in [-0.1, -0.05) is 29.2 Å². The zero-order valence-electron chi connectivity index (χ0n) is 11.1. The van der Waals surface area contributed by atoms with E-state index in [1.165, 1.54) is 42.3 Å². The molecule has 0 radical (unpaired) electrons. The van der Waals surface area contributed by atoms with Crippen LogP contribution in [0.15, 0.2) is 46.2 Å². The van der Waals surface area contributed by atoms with Gasteiger partial charge in [-0.3, -0.25) is 4.72 Å². The number of rotatable bonds is 7. The highest BCUT2D eigenvalue weighted by molar-refractivity contribution is 8.01. The second-order valence-corrected chi connectivity index (χ2v) is 7.68. The number of thioether (sulfide) groups is 1. The maximum atomic E-state index is 12.2. The predicted molar refractivity (Wildman–Crippen MR) is 84.6 cm³/mol. The van der Waals surface area contributed by atoms with Crippen molar-refractivity contribution in [3.05, 3.63) is 36.9 Å². The van der Waals surface area contributed by atoms with Crippen molar-refractivity contribution in [2.45, 2.75) is 9.24 Å². The maximum absolute atomic E-state index is 12.2. The molecule has 6 nitrogen and oxygen atoms in total. The first-order valence-electron chi connectivity index (χ1n) is 5.79. The second-order valence-electron chi connectivity index (χ2n) is 3.75. The third-order valence-corrected chi connectivity index (χ3v) is 5.77. The SMILES string of the molecule is C=CCSc1nnc(NS(=O)(=O)c2ccc(OC)cc2)s1. The summed E-state index contributed by atoms with van der Waals surface area (Å²) < 4.78 is 32.5. The van der Waals surface area contributed by atoms with Gasteiger partial charge in [0, 0.05) is 5.75 Å². The summed E-state index contributed by atoms with van der Waals surface area (Å²) in [6.45, 7) is 3.61. The van der Waals surface area contributed by atoms with Crippen LogP contribution >= 0.6 is 23.1 Å². The van der Waals surface area contributed by atoms with Crippen molar-refractivity contribution in [1.82, 2.24) is 10.2 Å². The van der Waals surface area contributed by atoms with E-state index in [4.69, 9.17) is 4.74 Å². The van der Waals surface area contributed by atoms with Crippen molar-refractivity contribution < 1.29 is 13.2 Å². The maximum Gasteiger partial charge on any atom is 0.263 e. The van der Waals surface area contributed by atoms with Gasteiger partial charge in [-0.25, -0.2) is 8.42 Å². The number of hydrogen-bond donors (Lipinski definition) is 1. The van der Waals surface area contributed by atoms with Crippen LogP contribution in [0.25, 0.3) is 0 Å². The van der Waals surface area contributed by atoms with Gasteiger partial charge in [0.2, 0.25) is 5.13 Å². The fourth-order valence-corrected chi connectivity index (χ4v) is 4.11. The Labute approximate surface area is 131 Å². The minimum absolute atomic E-state index is 0.138. The lowest BCUT2D eigenvalue weighted by Gasteiger charge is -2.05.